The molecule has 10 aromatic rings. The fourth-order valence-corrected chi connectivity index (χ4v) is 14.2. The molecule has 1 unspecified atom stereocenters. The molecule has 3 aliphatic rings. The Labute approximate surface area is 504 Å². The van der Waals surface area contributed by atoms with E-state index in [1.54, 1.807) is 0 Å². The Balaban J connectivity index is 0.747. The third-order valence-electron chi connectivity index (χ3n) is 18.8. The summed E-state index contributed by atoms with van der Waals surface area (Å²) in [5.41, 5.74) is 24.1. The van der Waals surface area contributed by atoms with Crippen molar-refractivity contribution in [2.45, 2.75) is 92.0 Å². The minimum Gasteiger partial charge on any atom is -0.338 e. The van der Waals surface area contributed by atoms with E-state index in [0.29, 0.717) is 0 Å². The van der Waals surface area contributed by atoms with Crippen LogP contribution in [-0.2, 0) is 10.8 Å². The normalized spacial score (nSPS) is 16.4. The highest BCUT2D eigenvalue weighted by atomic mass is 15.2. The molecular weight excluding hydrogens is 1020 g/mol. The maximum Gasteiger partial charge on any atom is 0.0563 e. The van der Waals surface area contributed by atoms with Crippen LogP contribution < -0.4 is 9.80 Å². The topological polar surface area (TPSA) is 6.48 Å². The molecule has 0 amide bonds. The molecule has 0 saturated carbocycles. The Morgan fingerprint density at radius 3 is 1.71 bits per heavy atom. The largest absolute Gasteiger partial charge is 0.338 e. The summed E-state index contributed by atoms with van der Waals surface area (Å²) in [7, 11) is 0. The lowest BCUT2D eigenvalue weighted by molar-refractivity contribution is 0.585. The third-order valence-corrected chi connectivity index (χ3v) is 18.8. The van der Waals surface area contributed by atoms with Crippen LogP contribution in [-0.4, -0.2) is 12.6 Å². The molecule has 85 heavy (non-hydrogen) atoms. The van der Waals surface area contributed by atoms with Crippen LogP contribution in [0.5, 0.6) is 0 Å². The second kappa shape index (κ2) is 22.1. The molecule has 0 fully saturated rings. The summed E-state index contributed by atoms with van der Waals surface area (Å²) in [5, 5.41) is 10.4. The van der Waals surface area contributed by atoms with Crippen molar-refractivity contribution in [2.24, 2.45) is 0 Å². The summed E-state index contributed by atoms with van der Waals surface area (Å²) in [5.74, 6) is 0. The van der Waals surface area contributed by atoms with Crippen LogP contribution in [0.3, 0.4) is 0 Å². The minimum atomic E-state index is -0.194. The van der Waals surface area contributed by atoms with Crippen LogP contribution in [0.15, 0.2) is 248 Å². The fourth-order valence-electron chi connectivity index (χ4n) is 14.2. The maximum absolute atomic E-state index is 4.35. The predicted molar refractivity (Wildman–Crippen MR) is 371 cm³/mol. The molecule has 0 spiro atoms. The molecule has 2 heteroatoms. The van der Waals surface area contributed by atoms with E-state index < -0.39 is 0 Å². The van der Waals surface area contributed by atoms with Crippen LogP contribution >= 0.6 is 0 Å². The first-order valence-electron chi connectivity index (χ1n) is 30.5. The predicted octanol–water partition coefficient (Wildman–Crippen LogP) is 22.6. The molecule has 1 atom stereocenters. The van der Waals surface area contributed by atoms with Crippen LogP contribution in [0.25, 0.3) is 72.5 Å². The zero-order chi connectivity index (χ0) is 58.7. The maximum atomic E-state index is 4.35. The highest BCUT2D eigenvalue weighted by Crippen LogP contribution is 2.53. The number of benzene rings is 10. The number of fused-ring (bicyclic) bond motifs is 5. The van der Waals surface area contributed by atoms with Gasteiger partial charge in [-0.1, -0.05) is 251 Å². The van der Waals surface area contributed by atoms with Crippen molar-refractivity contribution < 1.29 is 0 Å². The summed E-state index contributed by atoms with van der Waals surface area (Å²) in [4.78, 5) is 4.95. The molecule has 2 nitrogen and oxygen atoms in total. The molecule has 0 saturated heterocycles. The first kappa shape index (κ1) is 55.0. The number of rotatable bonds is 15. The van der Waals surface area contributed by atoms with E-state index in [0.717, 1.165) is 19.4 Å². The average Bonchev–Trinajstić information content (AvgIpc) is 2.21. The highest BCUT2D eigenvalue weighted by molar-refractivity contribution is 6.34. The molecule has 0 heterocycles. The average molecular weight is 1100 g/mol. The first-order valence-corrected chi connectivity index (χ1v) is 30.5. The van der Waals surface area contributed by atoms with Crippen molar-refractivity contribution in [1.29, 1.82) is 0 Å². The number of nitrogens with zero attached hydrogens (tertiary/aromatic N) is 2. The van der Waals surface area contributed by atoms with Gasteiger partial charge in [-0.25, -0.2) is 0 Å². The molecule has 0 N–H and O–H groups in total. The molecular formula is C83H76N2. The van der Waals surface area contributed by atoms with Gasteiger partial charge in [-0.3, -0.25) is 0 Å². The Morgan fingerprint density at radius 1 is 0.553 bits per heavy atom. The van der Waals surface area contributed by atoms with Gasteiger partial charge >= 0.3 is 0 Å². The van der Waals surface area contributed by atoms with Crippen molar-refractivity contribution in [2.75, 3.05) is 16.3 Å². The number of anilines is 4. The fraction of sp³-hybridized carbons (Fsp3) is 0.181. The van der Waals surface area contributed by atoms with E-state index in [-0.39, 0.29) is 16.9 Å². The third kappa shape index (κ3) is 9.82. The van der Waals surface area contributed by atoms with Gasteiger partial charge < -0.3 is 9.80 Å². The summed E-state index contributed by atoms with van der Waals surface area (Å²) in [6.07, 6.45) is 29.2. The first-order chi connectivity index (χ1) is 41.2. The molecule has 0 radical (unpaired) electrons. The number of allylic oxidation sites excluding steroid dienone is 11. The molecule has 418 valence electrons. The summed E-state index contributed by atoms with van der Waals surface area (Å²) in [6, 6.07) is 64.3. The van der Waals surface area contributed by atoms with Crippen LogP contribution in [0, 0.1) is 20.8 Å². The second-order valence-corrected chi connectivity index (χ2v) is 25.0. The highest BCUT2D eigenvalue weighted by Gasteiger charge is 2.41. The van der Waals surface area contributed by atoms with E-state index in [1.165, 1.54) is 149 Å². The number of hydrogen-bond acceptors (Lipinski definition) is 2. The zero-order valence-corrected chi connectivity index (χ0v) is 50.9. The summed E-state index contributed by atoms with van der Waals surface area (Å²) < 4.78 is 0. The van der Waals surface area contributed by atoms with Gasteiger partial charge in [0.1, 0.15) is 0 Å². The van der Waals surface area contributed by atoms with Crippen molar-refractivity contribution in [3.05, 3.63) is 303 Å². The number of hydrogen-bond donors (Lipinski definition) is 0. The minimum absolute atomic E-state index is 0.110. The Kier molecular flexibility index (Phi) is 14.3. The van der Waals surface area contributed by atoms with Gasteiger partial charge in [0.2, 0.25) is 0 Å². The van der Waals surface area contributed by atoms with E-state index >= 15 is 0 Å². The van der Waals surface area contributed by atoms with Crippen LogP contribution in [0.2, 0.25) is 0 Å². The van der Waals surface area contributed by atoms with Gasteiger partial charge in [-0.05, 0) is 200 Å². The lowest BCUT2D eigenvalue weighted by atomic mass is 9.77. The van der Waals surface area contributed by atoms with E-state index in [1.807, 2.05) is 0 Å². The van der Waals surface area contributed by atoms with Gasteiger partial charge in [-0.2, -0.15) is 0 Å². The van der Waals surface area contributed by atoms with Crippen molar-refractivity contribution in [1.82, 2.24) is 0 Å². The standard InChI is InChI=1S/C83H76N2/c1-11-18-54(3)49-50-84(61-36-25-55(4)26-37-61)64-42-47-70-68(76(12-2)82(7,8)78(70)52-64)20-15-13-14-19-59-34-45-74-73-24-17-22-67-60(35-46-75(81(67)73)72-23-16-21-66(59)80(72)74)33-31-58-32-44-69-71-48-43-65(53-79(71)83(9,10)77(69)51-58)85(62-38-27-56(5)28-39-62)63-40-29-57(6)30-41-63/h11-12,14-49,51-52,65H,2,13,50,53H2,1,3-10H3/b18-11-,19-14+,20-15-,33-31+,54-49-. The Bertz CT molecular complexity index is 4470. The van der Waals surface area contributed by atoms with E-state index in [2.05, 4.69) is 321 Å². The van der Waals surface area contributed by atoms with Gasteiger partial charge in [0.15, 0.2) is 0 Å². The quantitative estimate of drug-likeness (QED) is 0.0437. The SMILES string of the molecule is C=CC1=C(/C=C\C/C=C/c2ccc3c4cccc5c(/C=C/c6ccc7c(c6)C(C)(C)C6=C7C=CC(N(c7ccc(C)cc7)c7ccc(C)cc7)C6)ccc(c6cccc2c63)c54)c2ccc(N(C/C=C(C)\C=C/C)c3ccc(C)cc3)cc2C1(C)C. The van der Waals surface area contributed by atoms with E-state index in [9.17, 15) is 0 Å². The Morgan fingerprint density at radius 2 is 1.09 bits per heavy atom. The Hall–Kier alpha value is -9.24. The molecule has 0 bridgehead atoms. The van der Waals surface area contributed by atoms with E-state index in [4.69, 9.17) is 0 Å². The van der Waals surface area contributed by atoms with Gasteiger partial charge in [-0.15, -0.1) is 0 Å². The molecule has 3 aliphatic carbocycles. The van der Waals surface area contributed by atoms with Crippen molar-refractivity contribution >= 4 is 95.2 Å². The van der Waals surface area contributed by atoms with Gasteiger partial charge in [0.05, 0.1) is 6.04 Å². The van der Waals surface area contributed by atoms with Crippen molar-refractivity contribution in [3.8, 4) is 0 Å². The summed E-state index contributed by atoms with van der Waals surface area (Å²) in [6.45, 7) is 25.4. The van der Waals surface area contributed by atoms with Crippen LogP contribution in [0.4, 0.5) is 22.7 Å². The lowest BCUT2D eigenvalue weighted by Crippen LogP contribution is -2.33. The lowest BCUT2D eigenvalue weighted by Gasteiger charge is -2.37. The molecule has 0 aromatic heterocycles. The second-order valence-electron chi connectivity index (χ2n) is 25.0. The van der Waals surface area contributed by atoms with Crippen LogP contribution in [0.1, 0.15) is 110 Å². The van der Waals surface area contributed by atoms with Gasteiger partial charge in [0, 0.05) is 40.1 Å². The number of aryl methyl sites for hydroxylation is 3. The smallest absolute Gasteiger partial charge is 0.0563 e. The zero-order valence-electron chi connectivity index (χ0n) is 50.9. The molecule has 0 aliphatic heterocycles. The monoisotopic (exact) mass is 1100 g/mol. The molecule has 10 aromatic carbocycles. The summed E-state index contributed by atoms with van der Waals surface area (Å²) >= 11 is 0. The van der Waals surface area contributed by atoms with Crippen molar-refractivity contribution in [3.63, 3.8) is 0 Å². The molecule has 13 rings (SSSR count). The van der Waals surface area contributed by atoms with Gasteiger partial charge in [0.25, 0.3) is 0 Å².